The minimum absolute atomic E-state index is 0.144. The van der Waals surface area contributed by atoms with Gasteiger partial charge < -0.3 is 10.0 Å². The van der Waals surface area contributed by atoms with E-state index in [0.29, 0.717) is 25.2 Å². The molecule has 2 saturated heterocycles. The Morgan fingerprint density at radius 2 is 1.75 bits per heavy atom. The summed E-state index contributed by atoms with van der Waals surface area (Å²) in [6.45, 7) is 2.28. The van der Waals surface area contributed by atoms with E-state index in [1.807, 2.05) is 6.07 Å². The molecule has 1 N–H and O–H groups in total. The molecule has 3 heterocycles. The van der Waals surface area contributed by atoms with Crippen LogP contribution in [0.5, 0.6) is 0 Å². The topological polar surface area (TPSA) is 78.7 Å². The number of rotatable bonds is 4. The van der Waals surface area contributed by atoms with Gasteiger partial charge in [-0.1, -0.05) is 18.9 Å². The summed E-state index contributed by atoms with van der Waals surface area (Å²) in [5.74, 6) is -0.983. The van der Waals surface area contributed by atoms with Gasteiger partial charge in [-0.25, -0.2) is 9.59 Å². The number of carbonyl (C=O) groups excluding carboxylic acids is 1. The van der Waals surface area contributed by atoms with E-state index in [2.05, 4.69) is 10.00 Å². The molecule has 3 fully saturated rings. The molecule has 2 aliphatic heterocycles. The number of amides is 1. The molecule has 1 aliphatic carbocycles. The first-order valence-corrected chi connectivity index (χ1v) is 12.7. The second kappa shape index (κ2) is 9.53. The maximum absolute atomic E-state index is 13.7. The molecule has 0 bridgehead atoms. The molecule has 5 rings (SSSR count). The van der Waals surface area contributed by atoms with Gasteiger partial charge in [0, 0.05) is 31.4 Å². The van der Waals surface area contributed by atoms with E-state index in [0.717, 1.165) is 68.2 Å². The van der Waals surface area contributed by atoms with Crippen molar-refractivity contribution in [1.82, 2.24) is 19.6 Å². The number of likely N-dealkylation sites (tertiary alicyclic amines) is 2. The Hall–Kier alpha value is -2.88. The van der Waals surface area contributed by atoms with Crippen LogP contribution in [-0.2, 0) is 12.7 Å². The Morgan fingerprint density at radius 1 is 1.03 bits per heavy atom. The minimum atomic E-state index is -4.37. The molecule has 1 amide bonds. The van der Waals surface area contributed by atoms with Crippen molar-refractivity contribution in [1.29, 1.82) is 0 Å². The number of hydrogen-bond donors (Lipinski definition) is 1. The van der Waals surface area contributed by atoms with Gasteiger partial charge in [0.05, 0.1) is 5.56 Å². The normalized spacial score (nSPS) is 20.9. The summed E-state index contributed by atoms with van der Waals surface area (Å²) >= 11 is 0. The highest BCUT2D eigenvalue weighted by atomic mass is 19.4. The molecule has 0 atom stereocenters. The van der Waals surface area contributed by atoms with Crippen molar-refractivity contribution in [2.24, 2.45) is 0 Å². The molecule has 1 aromatic heterocycles. The molecule has 1 aromatic carbocycles. The first-order valence-electron chi connectivity index (χ1n) is 12.7. The molecule has 0 radical (unpaired) electrons. The summed E-state index contributed by atoms with van der Waals surface area (Å²) in [6.07, 6.45) is 4.38. The predicted octanol–water partition coefficient (Wildman–Crippen LogP) is 5.36. The van der Waals surface area contributed by atoms with Gasteiger partial charge in [0.2, 0.25) is 0 Å². The fourth-order valence-corrected chi connectivity index (χ4v) is 6.30. The number of carboxylic acid groups (broad SMARTS) is 1. The average Bonchev–Trinajstić information content (AvgIpc) is 3.61. The second-order valence-electron chi connectivity index (χ2n) is 10.4. The van der Waals surface area contributed by atoms with E-state index >= 15 is 0 Å². The van der Waals surface area contributed by atoms with Crippen molar-refractivity contribution < 1.29 is 27.9 Å². The first kappa shape index (κ1) is 24.8. The summed E-state index contributed by atoms with van der Waals surface area (Å²) in [5.41, 5.74) is 0.636. The Kier molecular flexibility index (Phi) is 6.57. The van der Waals surface area contributed by atoms with Crippen molar-refractivity contribution in [3.63, 3.8) is 0 Å². The van der Waals surface area contributed by atoms with Crippen LogP contribution in [0, 0.1) is 0 Å². The van der Waals surface area contributed by atoms with Crippen LogP contribution in [0.4, 0.5) is 18.0 Å². The maximum atomic E-state index is 13.7. The van der Waals surface area contributed by atoms with Crippen LogP contribution in [0.15, 0.2) is 30.5 Å². The quantitative estimate of drug-likeness (QED) is 0.607. The van der Waals surface area contributed by atoms with Gasteiger partial charge in [0.15, 0.2) is 5.69 Å². The molecule has 2 aromatic rings. The SMILES string of the molecule is O=C(O)c1ccn(C(=O)N2CCC3(CCCN3Cc3cc(C4CCCC4)cc(C(F)(F)F)c3)CC2)n1. The molecular weight excluding hydrogens is 473 g/mol. The van der Waals surface area contributed by atoms with Crippen molar-refractivity contribution in [2.75, 3.05) is 19.6 Å². The van der Waals surface area contributed by atoms with Crippen molar-refractivity contribution in [3.8, 4) is 0 Å². The zero-order valence-corrected chi connectivity index (χ0v) is 20.1. The van der Waals surface area contributed by atoms with Crippen LogP contribution in [-0.4, -0.2) is 61.9 Å². The monoisotopic (exact) mass is 504 g/mol. The van der Waals surface area contributed by atoms with Gasteiger partial charge in [-0.05, 0) is 80.3 Å². The zero-order chi connectivity index (χ0) is 25.5. The number of carboxylic acids is 1. The Morgan fingerprint density at radius 3 is 2.39 bits per heavy atom. The van der Waals surface area contributed by atoms with Gasteiger partial charge in [0.1, 0.15) is 0 Å². The number of carbonyl (C=O) groups is 2. The van der Waals surface area contributed by atoms with Crippen LogP contribution in [0.2, 0.25) is 0 Å². The van der Waals surface area contributed by atoms with Gasteiger partial charge >= 0.3 is 18.2 Å². The average molecular weight is 505 g/mol. The van der Waals surface area contributed by atoms with Crippen molar-refractivity contribution in [2.45, 2.75) is 75.5 Å². The molecule has 7 nitrogen and oxygen atoms in total. The van der Waals surface area contributed by atoms with Crippen LogP contribution in [0.3, 0.4) is 0 Å². The molecule has 194 valence electrons. The number of halogens is 3. The van der Waals surface area contributed by atoms with Crippen molar-refractivity contribution >= 4 is 12.0 Å². The summed E-state index contributed by atoms with van der Waals surface area (Å²) in [4.78, 5) is 27.9. The highest BCUT2D eigenvalue weighted by Gasteiger charge is 2.44. The van der Waals surface area contributed by atoms with E-state index in [9.17, 15) is 22.8 Å². The number of aromatic carboxylic acids is 1. The van der Waals surface area contributed by atoms with E-state index in [-0.39, 0.29) is 23.2 Å². The van der Waals surface area contributed by atoms with Crippen LogP contribution in [0.25, 0.3) is 0 Å². The highest BCUT2D eigenvalue weighted by Crippen LogP contribution is 2.42. The van der Waals surface area contributed by atoms with Crippen LogP contribution < -0.4 is 0 Å². The van der Waals surface area contributed by atoms with Crippen molar-refractivity contribution in [3.05, 3.63) is 52.8 Å². The van der Waals surface area contributed by atoms with E-state index in [1.54, 1.807) is 4.90 Å². The highest BCUT2D eigenvalue weighted by molar-refractivity contribution is 5.86. The summed E-state index contributed by atoms with van der Waals surface area (Å²) in [6, 6.07) is 5.56. The molecular formula is C26H31F3N4O3. The van der Waals surface area contributed by atoms with Gasteiger partial charge in [0.25, 0.3) is 0 Å². The molecule has 1 spiro atoms. The summed E-state index contributed by atoms with van der Waals surface area (Å²) in [5, 5.41) is 12.9. The van der Waals surface area contributed by atoms with Gasteiger partial charge in [-0.15, -0.1) is 0 Å². The lowest BCUT2D eigenvalue weighted by Gasteiger charge is -2.45. The Balaban J connectivity index is 1.30. The van der Waals surface area contributed by atoms with E-state index in [1.165, 1.54) is 24.4 Å². The largest absolute Gasteiger partial charge is 0.476 e. The molecule has 0 unspecified atom stereocenters. The van der Waals surface area contributed by atoms with Crippen LogP contribution >= 0.6 is 0 Å². The number of piperidine rings is 1. The molecule has 3 aliphatic rings. The standard InChI is InChI=1S/C26H31F3N4O3/c27-26(28,29)21-15-18(14-20(16-21)19-4-1-2-5-19)17-32-10-3-7-25(32)8-12-31(13-9-25)24(36)33-11-6-22(30-33)23(34)35/h6,11,14-16,19H,1-5,7-10,12-13,17H2,(H,34,35). The summed E-state index contributed by atoms with van der Waals surface area (Å²) < 4.78 is 42.2. The smallest absolute Gasteiger partial charge is 0.416 e. The number of aromatic nitrogens is 2. The summed E-state index contributed by atoms with van der Waals surface area (Å²) in [7, 11) is 0. The molecule has 1 saturated carbocycles. The van der Waals surface area contributed by atoms with E-state index in [4.69, 9.17) is 5.11 Å². The Labute approximate surface area is 207 Å². The maximum Gasteiger partial charge on any atom is 0.416 e. The lowest BCUT2D eigenvalue weighted by molar-refractivity contribution is -0.137. The zero-order valence-electron chi connectivity index (χ0n) is 20.1. The lowest BCUT2D eigenvalue weighted by atomic mass is 9.84. The number of alkyl halides is 3. The molecule has 36 heavy (non-hydrogen) atoms. The molecule has 10 heteroatoms. The predicted molar refractivity (Wildman–Crippen MR) is 126 cm³/mol. The van der Waals surface area contributed by atoms with Gasteiger partial charge in [-0.2, -0.15) is 23.0 Å². The second-order valence-corrected chi connectivity index (χ2v) is 10.4. The number of benzene rings is 1. The fourth-order valence-electron chi connectivity index (χ4n) is 6.30. The third-order valence-electron chi connectivity index (χ3n) is 8.25. The lowest BCUT2D eigenvalue weighted by Crippen LogP contribution is -2.53. The third-order valence-corrected chi connectivity index (χ3v) is 8.25. The first-order chi connectivity index (χ1) is 17.1. The Bertz CT molecular complexity index is 1130. The van der Waals surface area contributed by atoms with E-state index < -0.39 is 17.7 Å². The number of nitrogens with zero attached hydrogens (tertiary/aromatic N) is 4. The minimum Gasteiger partial charge on any atom is -0.476 e. The van der Waals surface area contributed by atoms with Crippen LogP contribution in [0.1, 0.15) is 84.5 Å². The van der Waals surface area contributed by atoms with Gasteiger partial charge in [-0.3, -0.25) is 4.90 Å². The third kappa shape index (κ3) is 4.87. The number of hydrogen-bond acceptors (Lipinski definition) is 4. The fraction of sp³-hybridized carbons (Fsp3) is 0.577.